The summed E-state index contributed by atoms with van der Waals surface area (Å²) in [7, 11) is 2.85. The van der Waals surface area contributed by atoms with Crippen LogP contribution < -0.4 is 15.4 Å². The Balaban J connectivity index is 2.31. The van der Waals surface area contributed by atoms with Crippen LogP contribution in [0, 0.1) is 0 Å². The average molecular weight is 302 g/mol. The van der Waals surface area contributed by atoms with Crippen molar-refractivity contribution in [2.75, 3.05) is 27.3 Å². The van der Waals surface area contributed by atoms with Crippen molar-refractivity contribution in [3.8, 4) is 5.75 Å². The van der Waals surface area contributed by atoms with Gasteiger partial charge in [-0.1, -0.05) is 0 Å². The second-order valence-electron chi connectivity index (χ2n) is 4.56. The number of ketones is 1. The quantitative estimate of drug-likeness (QED) is 0.480. The van der Waals surface area contributed by atoms with Gasteiger partial charge >= 0.3 is 5.97 Å². The molecule has 2 N–H and O–H groups in total. The minimum atomic E-state index is -0.515. The van der Waals surface area contributed by atoms with Gasteiger partial charge in [0, 0.05) is 24.7 Å². The van der Waals surface area contributed by atoms with Gasteiger partial charge < -0.3 is 20.1 Å². The molecule has 0 spiro atoms. The van der Waals surface area contributed by atoms with E-state index in [1.807, 2.05) is 0 Å². The highest BCUT2D eigenvalue weighted by Crippen LogP contribution is 2.17. The van der Waals surface area contributed by atoms with E-state index in [-0.39, 0.29) is 5.78 Å². The van der Waals surface area contributed by atoms with E-state index in [2.05, 4.69) is 15.4 Å². The summed E-state index contributed by atoms with van der Waals surface area (Å²) in [5.41, 5.74) is 0.890. The first-order valence-corrected chi connectivity index (χ1v) is 6.82. The fourth-order valence-corrected chi connectivity index (χ4v) is 2.02. The monoisotopic (exact) mass is 302 g/mol. The van der Waals surface area contributed by atoms with E-state index in [0.717, 1.165) is 13.1 Å². The van der Waals surface area contributed by atoms with Gasteiger partial charge in [-0.25, -0.2) is 4.79 Å². The minimum absolute atomic E-state index is 0.195. The van der Waals surface area contributed by atoms with Gasteiger partial charge in [0.25, 0.3) is 0 Å². The normalized spacial score (nSPS) is 13.5. The third-order valence-electron chi connectivity index (χ3n) is 3.18. The second-order valence-corrected chi connectivity index (χ2v) is 4.56. The minimum Gasteiger partial charge on any atom is -0.497 e. The first kappa shape index (κ1) is 15.6. The third-order valence-corrected chi connectivity index (χ3v) is 3.18. The SMILES string of the molecule is COC(=O)/C=C/C(C(=O)c1ccc(OC)cc1)=C1NCCN1. The molecule has 1 fully saturated rings. The molecule has 116 valence electrons. The van der Waals surface area contributed by atoms with Crippen molar-refractivity contribution >= 4 is 11.8 Å². The number of carbonyl (C=O) groups excluding carboxylic acids is 2. The number of ether oxygens (including phenoxy) is 2. The maximum Gasteiger partial charge on any atom is 0.330 e. The molecule has 6 nitrogen and oxygen atoms in total. The number of rotatable bonds is 5. The lowest BCUT2D eigenvalue weighted by atomic mass is 10.0. The Bertz CT molecular complexity index is 610. The molecule has 2 rings (SSSR count). The van der Waals surface area contributed by atoms with Gasteiger partial charge in [-0.2, -0.15) is 0 Å². The molecule has 0 saturated carbocycles. The Morgan fingerprint density at radius 3 is 2.23 bits per heavy atom. The Kier molecular flexibility index (Phi) is 5.19. The van der Waals surface area contributed by atoms with Crippen LogP contribution in [0.4, 0.5) is 0 Å². The zero-order valence-corrected chi connectivity index (χ0v) is 12.5. The number of methoxy groups -OCH3 is 2. The van der Waals surface area contributed by atoms with Gasteiger partial charge in [-0.3, -0.25) is 4.79 Å². The van der Waals surface area contributed by atoms with Crippen LogP contribution in [0.3, 0.4) is 0 Å². The number of benzene rings is 1. The van der Waals surface area contributed by atoms with Gasteiger partial charge in [0.1, 0.15) is 11.6 Å². The van der Waals surface area contributed by atoms with Crippen molar-refractivity contribution < 1.29 is 19.1 Å². The van der Waals surface area contributed by atoms with Crippen LogP contribution >= 0.6 is 0 Å². The van der Waals surface area contributed by atoms with Crippen LogP contribution in [0.15, 0.2) is 47.8 Å². The highest BCUT2D eigenvalue weighted by atomic mass is 16.5. The molecule has 22 heavy (non-hydrogen) atoms. The number of hydrogen-bond acceptors (Lipinski definition) is 6. The first-order valence-electron chi connectivity index (χ1n) is 6.82. The van der Waals surface area contributed by atoms with E-state index in [1.165, 1.54) is 19.3 Å². The summed E-state index contributed by atoms with van der Waals surface area (Å²) in [6, 6.07) is 6.80. The second kappa shape index (κ2) is 7.31. The van der Waals surface area contributed by atoms with Crippen molar-refractivity contribution in [2.24, 2.45) is 0 Å². The van der Waals surface area contributed by atoms with E-state index in [9.17, 15) is 9.59 Å². The van der Waals surface area contributed by atoms with Gasteiger partial charge in [-0.05, 0) is 30.3 Å². The Morgan fingerprint density at radius 1 is 1.05 bits per heavy atom. The van der Waals surface area contributed by atoms with Gasteiger partial charge in [0.15, 0.2) is 5.78 Å². The number of Topliss-reactive ketones (excluding diaryl/α,β-unsaturated/α-hetero) is 1. The van der Waals surface area contributed by atoms with Crippen LogP contribution in [0.2, 0.25) is 0 Å². The molecule has 0 radical (unpaired) electrons. The number of nitrogens with one attached hydrogen (secondary N) is 2. The van der Waals surface area contributed by atoms with E-state index in [1.54, 1.807) is 31.4 Å². The zero-order chi connectivity index (χ0) is 15.9. The summed E-state index contributed by atoms with van der Waals surface area (Å²) >= 11 is 0. The van der Waals surface area contributed by atoms with Crippen LogP contribution in [-0.2, 0) is 9.53 Å². The number of carbonyl (C=O) groups is 2. The Morgan fingerprint density at radius 2 is 1.68 bits per heavy atom. The molecule has 1 heterocycles. The fraction of sp³-hybridized carbons (Fsp3) is 0.250. The molecule has 0 atom stereocenters. The number of allylic oxidation sites excluding steroid dienone is 2. The standard InChI is InChI=1S/C16H18N2O4/c1-21-12-5-3-11(4-6-12)15(20)13(7-8-14(19)22-2)16-17-9-10-18-16/h3-8,17-18H,9-10H2,1-2H3/b8-7+. The van der Waals surface area contributed by atoms with Crippen molar-refractivity contribution in [2.45, 2.75) is 0 Å². The topological polar surface area (TPSA) is 76.7 Å². The molecule has 0 unspecified atom stereocenters. The predicted octanol–water partition coefficient (Wildman–Crippen LogP) is 1.01. The molecule has 6 heteroatoms. The van der Waals surface area contributed by atoms with E-state index in [4.69, 9.17) is 4.74 Å². The molecule has 1 saturated heterocycles. The smallest absolute Gasteiger partial charge is 0.330 e. The van der Waals surface area contributed by atoms with Crippen LogP contribution in [0.1, 0.15) is 10.4 Å². The summed E-state index contributed by atoms with van der Waals surface area (Å²) < 4.78 is 9.64. The molecule has 0 aliphatic carbocycles. The molecule has 1 aromatic carbocycles. The van der Waals surface area contributed by atoms with Gasteiger partial charge in [0.05, 0.1) is 19.8 Å². The molecule has 0 bridgehead atoms. The van der Waals surface area contributed by atoms with Crippen LogP contribution in [0.25, 0.3) is 0 Å². The summed E-state index contributed by atoms with van der Waals surface area (Å²) in [5, 5.41) is 6.18. The predicted molar refractivity (Wildman–Crippen MR) is 81.5 cm³/mol. The number of esters is 1. The maximum absolute atomic E-state index is 12.7. The highest BCUT2D eigenvalue weighted by molar-refractivity contribution is 6.11. The van der Waals surface area contributed by atoms with E-state index in [0.29, 0.717) is 22.7 Å². The molecule has 1 aliphatic heterocycles. The molecular weight excluding hydrogens is 284 g/mol. The summed E-state index contributed by atoms with van der Waals surface area (Å²) in [4.78, 5) is 23.9. The van der Waals surface area contributed by atoms with Gasteiger partial charge in [0.2, 0.25) is 0 Å². The lowest BCUT2D eigenvalue weighted by molar-refractivity contribution is -0.134. The van der Waals surface area contributed by atoms with Crippen molar-refractivity contribution in [3.63, 3.8) is 0 Å². The first-order chi connectivity index (χ1) is 10.7. The van der Waals surface area contributed by atoms with Crippen LogP contribution in [0.5, 0.6) is 5.75 Å². The Hall–Kier alpha value is -2.76. The molecular formula is C16H18N2O4. The van der Waals surface area contributed by atoms with Gasteiger partial charge in [-0.15, -0.1) is 0 Å². The summed E-state index contributed by atoms with van der Waals surface area (Å²) in [6.45, 7) is 1.45. The fourth-order valence-electron chi connectivity index (χ4n) is 2.02. The summed E-state index contributed by atoms with van der Waals surface area (Å²) in [5.74, 6) is 0.576. The number of hydrogen-bond donors (Lipinski definition) is 2. The molecule has 1 aromatic rings. The van der Waals surface area contributed by atoms with Crippen molar-refractivity contribution in [3.05, 3.63) is 53.4 Å². The molecule has 0 amide bonds. The third kappa shape index (κ3) is 3.66. The van der Waals surface area contributed by atoms with E-state index < -0.39 is 5.97 Å². The van der Waals surface area contributed by atoms with Crippen LogP contribution in [-0.4, -0.2) is 39.1 Å². The largest absolute Gasteiger partial charge is 0.497 e. The average Bonchev–Trinajstić information content (AvgIpc) is 3.09. The molecule has 0 aromatic heterocycles. The maximum atomic E-state index is 12.7. The Labute approximate surface area is 128 Å². The van der Waals surface area contributed by atoms with Crippen molar-refractivity contribution in [1.29, 1.82) is 0 Å². The lowest BCUT2D eigenvalue weighted by Crippen LogP contribution is -2.18. The molecule has 1 aliphatic rings. The van der Waals surface area contributed by atoms with E-state index >= 15 is 0 Å². The zero-order valence-electron chi connectivity index (χ0n) is 12.5. The highest BCUT2D eigenvalue weighted by Gasteiger charge is 2.18. The lowest BCUT2D eigenvalue weighted by Gasteiger charge is -2.08. The van der Waals surface area contributed by atoms with Crippen molar-refractivity contribution in [1.82, 2.24) is 10.6 Å². The summed E-state index contributed by atoms with van der Waals surface area (Å²) in [6.07, 6.45) is 2.69.